The summed E-state index contributed by atoms with van der Waals surface area (Å²) < 4.78 is 13.6. The summed E-state index contributed by atoms with van der Waals surface area (Å²) in [4.78, 5) is 17.6. The Morgan fingerprint density at radius 1 is 1.00 bits per heavy atom. The molecule has 2 heterocycles. The van der Waals surface area contributed by atoms with Crippen LogP contribution >= 0.6 is 11.6 Å². The third-order valence-corrected chi connectivity index (χ3v) is 7.41. The molecule has 0 amide bonds. The largest absolute Gasteiger partial charge is 0.481 e. The van der Waals surface area contributed by atoms with Crippen molar-refractivity contribution in [2.24, 2.45) is 0 Å². The van der Waals surface area contributed by atoms with Gasteiger partial charge in [-0.25, -0.2) is 4.98 Å². The van der Waals surface area contributed by atoms with Crippen LogP contribution < -0.4 is 4.74 Å². The van der Waals surface area contributed by atoms with Crippen molar-refractivity contribution >= 4 is 39.6 Å². The average Bonchev–Trinajstić information content (AvgIpc) is 3.61. The molecule has 0 aliphatic rings. The standard InChI is InChI=1S/C19H23N3O.C16H12ClNO3/c1-21(2)13-8-14-23-19-17-11-6-7-12-18(17)22(20-19)15-16-9-4-3-5-10-16;1-9(16(19)20)11-4-7-14-13(8-11)18-15(21-14)10-2-5-12(17)6-3-10/h3-7,9-12H,8,13-15H2,1-2H3;2-9H,1H3,(H,19,20). The van der Waals surface area contributed by atoms with Gasteiger partial charge in [-0.1, -0.05) is 60.1 Å². The summed E-state index contributed by atoms with van der Waals surface area (Å²) in [5.41, 5.74) is 5.14. The van der Waals surface area contributed by atoms with Crippen LogP contribution in [0, 0.1) is 0 Å². The van der Waals surface area contributed by atoms with Crippen molar-refractivity contribution in [1.82, 2.24) is 19.7 Å². The number of para-hydroxylation sites is 1. The molecule has 9 heteroatoms. The molecule has 0 saturated carbocycles. The zero-order valence-corrected chi connectivity index (χ0v) is 25.7. The topological polar surface area (TPSA) is 93.6 Å². The van der Waals surface area contributed by atoms with Crippen LogP contribution in [0.25, 0.3) is 33.5 Å². The molecule has 6 rings (SSSR count). The minimum absolute atomic E-state index is 0.488. The van der Waals surface area contributed by atoms with E-state index in [1.54, 1.807) is 37.3 Å². The minimum atomic E-state index is -0.865. The van der Waals surface area contributed by atoms with Crippen LogP contribution in [-0.2, 0) is 11.3 Å². The highest BCUT2D eigenvalue weighted by Gasteiger charge is 2.16. The lowest BCUT2D eigenvalue weighted by Gasteiger charge is -2.09. The van der Waals surface area contributed by atoms with Gasteiger partial charge in [0.05, 0.1) is 30.0 Å². The first-order valence-corrected chi connectivity index (χ1v) is 14.8. The highest BCUT2D eigenvalue weighted by Crippen LogP contribution is 2.28. The fraction of sp³-hybridized carbons (Fsp3) is 0.229. The van der Waals surface area contributed by atoms with Crippen LogP contribution in [0.2, 0.25) is 5.02 Å². The van der Waals surface area contributed by atoms with Crippen molar-refractivity contribution < 1.29 is 19.1 Å². The van der Waals surface area contributed by atoms with Gasteiger partial charge < -0.3 is 19.2 Å². The molecular formula is C35H35ClN4O4. The zero-order chi connectivity index (χ0) is 31.1. The second-order valence-corrected chi connectivity index (χ2v) is 11.2. The number of rotatable bonds is 10. The maximum absolute atomic E-state index is 11.0. The first kappa shape index (κ1) is 30.8. The third-order valence-electron chi connectivity index (χ3n) is 7.16. The number of ether oxygens (including phenoxy) is 1. The molecule has 0 aliphatic carbocycles. The van der Waals surface area contributed by atoms with Gasteiger partial charge in [0.1, 0.15) is 5.52 Å². The van der Waals surface area contributed by atoms with E-state index < -0.39 is 11.9 Å². The molecule has 0 saturated heterocycles. The van der Waals surface area contributed by atoms with Crippen molar-refractivity contribution in [1.29, 1.82) is 0 Å². The monoisotopic (exact) mass is 610 g/mol. The molecule has 8 nitrogen and oxygen atoms in total. The van der Waals surface area contributed by atoms with E-state index in [0.717, 1.165) is 41.9 Å². The summed E-state index contributed by atoms with van der Waals surface area (Å²) in [7, 11) is 4.15. The van der Waals surface area contributed by atoms with Gasteiger partial charge in [0.15, 0.2) is 5.58 Å². The summed E-state index contributed by atoms with van der Waals surface area (Å²) in [6, 6.07) is 31.1. The third kappa shape index (κ3) is 7.64. The average molecular weight is 611 g/mol. The van der Waals surface area contributed by atoms with E-state index >= 15 is 0 Å². The molecule has 0 fully saturated rings. The number of aliphatic carboxylic acids is 1. The Hall–Kier alpha value is -4.66. The number of carboxylic acid groups (broad SMARTS) is 1. The van der Waals surface area contributed by atoms with E-state index in [1.165, 1.54) is 5.56 Å². The molecule has 0 radical (unpaired) electrons. The molecule has 2 aromatic heterocycles. The van der Waals surface area contributed by atoms with Gasteiger partial charge >= 0.3 is 5.97 Å². The number of fused-ring (bicyclic) bond motifs is 2. The Morgan fingerprint density at radius 2 is 1.73 bits per heavy atom. The van der Waals surface area contributed by atoms with E-state index in [2.05, 4.69) is 65.5 Å². The van der Waals surface area contributed by atoms with Gasteiger partial charge in [-0.2, -0.15) is 0 Å². The van der Waals surface area contributed by atoms with E-state index in [1.807, 2.05) is 35.0 Å². The molecular weight excluding hydrogens is 576 g/mol. The molecule has 0 spiro atoms. The predicted molar refractivity (Wildman–Crippen MR) is 174 cm³/mol. The molecule has 0 aliphatic heterocycles. The lowest BCUT2D eigenvalue weighted by Crippen LogP contribution is -2.15. The quantitative estimate of drug-likeness (QED) is 0.158. The van der Waals surface area contributed by atoms with E-state index in [9.17, 15) is 4.79 Å². The number of hydrogen-bond acceptors (Lipinski definition) is 6. The van der Waals surface area contributed by atoms with E-state index in [-0.39, 0.29) is 0 Å². The summed E-state index contributed by atoms with van der Waals surface area (Å²) in [5, 5.41) is 15.5. The van der Waals surface area contributed by atoms with Crippen LogP contribution in [0.3, 0.4) is 0 Å². The molecule has 1 N–H and O–H groups in total. The molecule has 1 atom stereocenters. The Balaban J connectivity index is 0.000000175. The number of oxazole rings is 1. The van der Waals surface area contributed by atoms with Crippen molar-refractivity contribution in [3.05, 3.63) is 113 Å². The maximum Gasteiger partial charge on any atom is 0.310 e. The summed E-state index contributed by atoms with van der Waals surface area (Å²) in [6.45, 7) is 4.10. The number of aromatic nitrogens is 3. The first-order chi connectivity index (χ1) is 21.3. The van der Waals surface area contributed by atoms with Crippen LogP contribution in [0.4, 0.5) is 0 Å². The minimum Gasteiger partial charge on any atom is -0.481 e. The highest BCUT2D eigenvalue weighted by atomic mass is 35.5. The Morgan fingerprint density at radius 3 is 2.45 bits per heavy atom. The van der Waals surface area contributed by atoms with Gasteiger partial charge in [0, 0.05) is 17.1 Å². The first-order valence-electron chi connectivity index (χ1n) is 14.4. The predicted octanol–water partition coefficient (Wildman–Crippen LogP) is 7.75. The van der Waals surface area contributed by atoms with Crippen LogP contribution in [0.15, 0.2) is 101 Å². The Bertz CT molecular complexity index is 1830. The van der Waals surface area contributed by atoms with Crippen molar-refractivity contribution in [3.8, 4) is 17.3 Å². The normalized spacial score (nSPS) is 11.8. The Kier molecular flexibility index (Phi) is 9.94. The van der Waals surface area contributed by atoms with Crippen LogP contribution in [0.1, 0.15) is 30.4 Å². The fourth-order valence-electron chi connectivity index (χ4n) is 4.70. The second-order valence-electron chi connectivity index (χ2n) is 10.8. The van der Waals surface area contributed by atoms with Gasteiger partial charge in [0.2, 0.25) is 11.8 Å². The number of carbonyl (C=O) groups is 1. The molecule has 0 bridgehead atoms. The van der Waals surface area contributed by atoms with Gasteiger partial charge in [0.25, 0.3) is 0 Å². The summed E-state index contributed by atoms with van der Waals surface area (Å²) in [5.74, 6) is -0.224. The second kappa shape index (κ2) is 14.2. The van der Waals surface area contributed by atoms with Gasteiger partial charge in [-0.15, -0.1) is 5.10 Å². The molecule has 4 aromatic carbocycles. The SMILES string of the molecule is CC(C(=O)O)c1ccc2oc(-c3ccc(Cl)cc3)nc2c1.CN(C)CCCOc1nn(Cc2ccccc2)c2ccccc12. The smallest absolute Gasteiger partial charge is 0.310 e. The van der Waals surface area contributed by atoms with Crippen molar-refractivity contribution in [2.75, 3.05) is 27.2 Å². The number of benzene rings is 4. The van der Waals surface area contributed by atoms with Gasteiger partial charge in [-0.3, -0.25) is 9.48 Å². The van der Waals surface area contributed by atoms with Crippen molar-refractivity contribution in [3.63, 3.8) is 0 Å². The van der Waals surface area contributed by atoms with Crippen LogP contribution in [0.5, 0.6) is 5.88 Å². The van der Waals surface area contributed by atoms with Crippen LogP contribution in [-0.4, -0.2) is 58.0 Å². The zero-order valence-electron chi connectivity index (χ0n) is 25.0. The number of carboxylic acids is 1. The summed E-state index contributed by atoms with van der Waals surface area (Å²) in [6.07, 6.45) is 0.993. The van der Waals surface area contributed by atoms with Gasteiger partial charge in [-0.05, 0) is 87.1 Å². The number of hydrogen-bond donors (Lipinski definition) is 1. The number of nitrogens with zero attached hydrogens (tertiary/aromatic N) is 4. The van der Waals surface area contributed by atoms with E-state index in [4.69, 9.17) is 25.9 Å². The summed E-state index contributed by atoms with van der Waals surface area (Å²) >= 11 is 5.86. The highest BCUT2D eigenvalue weighted by molar-refractivity contribution is 6.30. The molecule has 6 aromatic rings. The van der Waals surface area contributed by atoms with E-state index in [0.29, 0.717) is 34.2 Å². The number of halogens is 1. The maximum atomic E-state index is 11.0. The molecule has 1 unspecified atom stereocenters. The van der Waals surface area contributed by atoms with Crippen molar-refractivity contribution in [2.45, 2.75) is 25.8 Å². The molecule has 226 valence electrons. The fourth-order valence-corrected chi connectivity index (χ4v) is 4.83. The lowest BCUT2D eigenvalue weighted by molar-refractivity contribution is -0.138. The lowest BCUT2D eigenvalue weighted by atomic mass is 10.0. The Labute approximate surface area is 261 Å². The molecule has 44 heavy (non-hydrogen) atoms.